The lowest BCUT2D eigenvalue weighted by Crippen LogP contribution is -2.49. The van der Waals surface area contributed by atoms with E-state index in [0.717, 1.165) is 5.01 Å². The molecular formula is C9H17N3OS. The smallest absolute Gasteiger partial charge is 0.131 e. The molecule has 5 heteroatoms. The summed E-state index contributed by atoms with van der Waals surface area (Å²) < 4.78 is 0. The van der Waals surface area contributed by atoms with E-state index in [-0.39, 0.29) is 12.1 Å². The van der Waals surface area contributed by atoms with Gasteiger partial charge in [0, 0.05) is 5.54 Å². The van der Waals surface area contributed by atoms with E-state index in [1.54, 1.807) is 5.51 Å². The molecule has 0 aliphatic rings. The molecule has 1 atom stereocenters. The highest BCUT2D eigenvalue weighted by Crippen LogP contribution is 2.16. The predicted octanol–water partition coefficient (Wildman–Crippen LogP) is 1.03. The summed E-state index contributed by atoms with van der Waals surface area (Å²) in [6, 6.07) is 0. The van der Waals surface area contributed by atoms with Gasteiger partial charge in [0.25, 0.3) is 0 Å². The van der Waals surface area contributed by atoms with Gasteiger partial charge in [-0.1, -0.05) is 13.8 Å². The molecule has 0 radical (unpaired) electrons. The van der Waals surface area contributed by atoms with Crippen LogP contribution in [0.15, 0.2) is 5.51 Å². The van der Waals surface area contributed by atoms with E-state index in [1.165, 1.54) is 11.3 Å². The number of nitrogens with one attached hydrogen (secondary N) is 1. The third kappa shape index (κ3) is 2.73. The second-order valence-electron chi connectivity index (χ2n) is 3.92. The van der Waals surface area contributed by atoms with Crippen LogP contribution < -0.4 is 5.32 Å². The minimum absolute atomic E-state index is 0.128. The highest BCUT2D eigenvalue weighted by Gasteiger charge is 2.26. The molecule has 2 N–H and O–H groups in total. The van der Waals surface area contributed by atoms with Crippen LogP contribution in [0.5, 0.6) is 0 Å². The van der Waals surface area contributed by atoms with Crippen molar-refractivity contribution in [1.82, 2.24) is 15.5 Å². The largest absolute Gasteiger partial charge is 0.394 e. The van der Waals surface area contributed by atoms with Gasteiger partial charge in [-0.3, -0.25) is 0 Å². The lowest BCUT2D eigenvalue weighted by atomic mass is 9.89. The maximum atomic E-state index is 9.29. The summed E-state index contributed by atoms with van der Waals surface area (Å²) in [5.41, 5.74) is 1.47. The van der Waals surface area contributed by atoms with Crippen LogP contribution in [0.2, 0.25) is 0 Å². The molecule has 0 bridgehead atoms. The molecule has 0 aliphatic carbocycles. The van der Waals surface area contributed by atoms with Gasteiger partial charge in [-0.2, -0.15) is 0 Å². The van der Waals surface area contributed by atoms with Crippen molar-refractivity contribution in [3.8, 4) is 0 Å². The number of aliphatic hydroxyl groups excluding tert-OH is 1. The fourth-order valence-electron chi connectivity index (χ4n) is 0.993. The number of rotatable bonds is 5. The molecule has 0 saturated heterocycles. The molecule has 0 spiro atoms. The number of nitrogens with zero attached hydrogens (tertiary/aromatic N) is 2. The average Bonchev–Trinajstić information content (AvgIpc) is 2.66. The minimum atomic E-state index is -0.244. The fourth-order valence-corrected chi connectivity index (χ4v) is 1.46. The fraction of sp³-hybridized carbons (Fsp3) is 0.778. The SMILES string of the molecule is CC(C)C(C)(CO)NCc1nncs1. The average molecular weight is 215 g/mol. The van der Waals surface area contributed by atoms with Crippen molar-refractivity contribution >= 4 is 11.3 Å². The van der Waals surface area contributed by atoms with Crippen LogP contribution in [-0.4, -0.2) is 27.4 Å². The van der Waals surface area contributed by atoms with E-state index in [1.807, 2.05) is 6.92 Å². The molecule has 1 heterocycles. The maximum absolute atomic E-state index is 9.29. The lowest BCUT2D eigenvalue weighted by molar-refractivity contribution is 0.131. The van der Waals surface area contributed by atoms with Crippen LogP contribution in [0.3, 0.4) is 0 Å². The molecular weight excluding hydrogens is 198 g/mol. The first-order valence-electron chi connectivity index (χ1n) is 4.69. The predicted molar refractivity (Wildman–Crippen MR) is 57.1 cm³/mol. The zero-order valence-electron chi connectivity index (χ0n) is 8.82. The minimum Gasteiger partial charge on any atom is -0.394 e. The maximum Gasteiger partial charge on any atom is 0.131 e. The molecule has 0 saturated carbocycles. The summed E-state index contributed by atoms with van der Waals surface area (Å²) in [5, 5.41) is 21.2. The van der Waals surface area contributed by atoms with Crippen LogP contribution in [-0.2, 0) is 6.54 Å². The van der Waals surface area contributed by atoms with Gasteiger partial charge in [0.1, 0.15) is 10.5 Å². The molecule has 80 valence electrons. The Morgan fingerprint density at radius 1 is 1.64 bits per heavy atom. The van der Waals surface area contributed by atoms with Gasteiger partial charge in [-0.05, 0) is 12.8 Å². The molecule has 1 aromatic heterocycles. The number of aliphatic hydroxyl groups is 1. The molecule has 14 heavy (non-hydrogen) atoms. The van der Waals surface area contributed by atoms with E-state index < -0.39 is 0 Å². The third-order valence-corrected chi connectivity index (χ3v) is 3.35. The topological polar surface area (TPSA) is 58.0 Å². The summed E-state index contributed by atoms with van der Waals surface area (Å²) >= 11 is 1.52. The van der Waals surface area contributed by atoms with Crippen LogP contribution in [0.4, 0.5) is 0 Å². The highest BCUT2D eigenvalue weighted by molar-refractivity contribution is 7.09. The second kappa shape index (κ2) is 4.82. The van der Waals surface area contributed by atoms with Gasteiger partial charge in [0.2, 0.25) is 0 Å². The van der Waals surface area contributed by atoms with Crippen LogP contribution >= 0.6 is 11.3 Å². The Balaban J connectivity index is 2.50. The summed E-state index contributed by atoms with van der Waals surface area (Å²) in [7, 11) is 0. The Morgan fingerprint density at radius 3 is 2.79 bits per heavy atom. The zero-order chi connectivity index (χ0) is 10.6. The van der Waals surface area contributed by atoms with Crippen LogP contribution in [0.25, 0.3) is 0 Å². The number of aromatic nitrogens is 2. The van der Waals surface area contributed by atoms with Crippen molar-refractivity contribution in [2.24, 2.45) is 5.92 Å². The van der Waals surface area contributed by atoms with E-state index in [9.17, 15) is 5.11 Å². The molecule has 0 aromatic carbocycles. The lowest BCUT2D eigenvalue weighted by Gasteiger charge is -2.32. The quantitative estimate of drug-likeness (QED) is 0.770. The van der Waals surface area contributed by atoms with E-state index in [2.05, 4.69) is 29.4 Å². The number of hydrogen-bond donors (Lipinski definition) is 2. The Morgan fingerprint density at radius 2 is 2.36 bits per heavy atom. The Kier molecular flexibility index (Phi) is 3.97. The van der Waals surface area contributed by atoms with Crippen molar-refractivity contribution in [3.63, 3.8) is 0 Å². The first-order valence-corrected chi connectivity index (χ1v) is 5.57. The van der Waals surface area contributed by atoms with Gasteiger partial charge in [0.15, 0.2) is 0 Å². The van der Waals surface area contributed by atoms with Gasteiger partial charge in [-0.25, -0.2) is 0 Å². The van der Waals surface area contributed by atoms with Gasteiger partial charge >= 0.3 is 0 Å². The Labute approximate surface area is 88.4 Å². The van der Waals surface area contributed by atoms with E-state index in [4.69, 9.17) is 0 Å². The highest BCUT2D eigenvalue weighted by atomic mass is 32.1. The zero-order valence-corrected chi connectivity index (χ0v) is 9.64. The standard InChI is InChI=1S/C9H17N3OS/c1-7(2)9(3,5-13)10-4-8-12-11-6-14-8/h6-7,10,13H,4-5H2,1-3H3. The number of hydrogen-bond acceptors (Lipinski definition) is 5. The normalized spacial score (nSPS) is 15.8. The molecule has 0 aliphatic heterocycles. The van der Waals surface area contributed by atoms with E-state index in [0.29, 0.717) is 12.5 Å². The molecule has 4 nitrogen and oxygen atoms in total. The monoisotopic (exact) mass is 215 g/mol. The van der Waals surface area contributed by atoms with Gasteiger partial charge in [0.05, 0.1) is 13.2 Å². The summed E-state index contributed by atoms with van der Waals surface area (Å²) in [5.74, 6) is 0.375. The van der Waals surface area contributed by atoms with Crippen LogP contribution in [0.1, 0.15) is 25.8 Å². The third-order valence-electron chi connectivity index (χ3n) is 2.65. The summed E-state index contributed by atoms with van der Waals surface area (Å²) in [6.45, 7) is 6.98. The van der Waals surface area contributed by atoms with Gasteiger partial charge in [-0.15, -0.1) is 21.5 Å². The summed E-state index contributed by atoms with van der Waals surface area (Å²) in [6.07, 6.45) is 0. The first kappa shape index (κ1) is 11.6. The summed E-state index contributed by atoms with van der Waals surface area (Å²) in [4.78, 5) is 0. The Hall–Kier alpha value is -0.520. The second-order valence-corrected chi connectivity index (χ2v) is 4.83. The molecule has 0 amide bonds. The van der Waals surface area contributed by atoms with Crippen molar-refractivity contribution in [3.05, 3.63) is 10.5 Å². The van der Waals surface area contributed by atoms with Crippen molar-refractivity contribution < 1.29 is 5.11 Å². The Bertz CT molecular complexity index is 263. The molecule has 1 aromatic rings. The first-order chi connectivity index (χ1) is 6.58. The molecule has 1 rings (SSSR count). The molecule has 1 unspecified atom stereocenters. The van der Waals surface area contributed by atoms with E-state index >= 15 is 0 Å². The molecule has 0 fully saturated rings. The van der Waals surface area contributed by atoms with Crippen molar-refractivity contribution in [1.29, 1.82) is 0 Å². The van der Waals surface area contributed by atoms with Crippen LogP contribution in [0, 0.1) is 5.92 Å². The van der Waals surface area contributed by atoms with Gasteiger partial charge < -0.3 is 10.4 Å². The van der Waals surface area contributed by atoms with Crippen molar-refractivity contribution in [2.45, 2.75) is 32.9 Å². The van der Waals surface area contributed by atoms with Crippen molar-refractivity contribution in [2.75, 3.05) is 6.61 Å².